The molecule has 0 aliphatic rings. The molecule has 1 aromatic rings. The predicted molar refractivity (Wildman–Crippen MR) is 69.6 cm³/mol. The summed E-state index contributed by atoms with van der Waals surface area (Å²) in [6.45, 7) is 3.22. The number of aromatic nitrogens is 1. The van der Waals surface area contributed by atoms with Crippen molar-refractivity contribution in [2.45, 2.75) is 19.4 Å². The van der Waals surface area contributed by atoms with E-state index >= 15 is 0 Å². The summed E-state index contributed by atoms with van der Waals surface area (Å²) in [6, 6.07) is -0.150. The van der Waals surface area contributed by atoms with Gasteiger partial charge < -0.3 is 20.9 Å². The number of amides is 1. The number of ether oxygens (including phenoxy) is 1. The molecule has 0 radical (unpaired) electrons. The summed E-state index contributed by atoms with van der Waals surface area (Å²) in [5, 5.41) is 13.7. The first-order valence-corrected chi connectivity index (χ1v) is 6.71. The number of thiazole rings is 1. The topological polar surface area (TPSA) is 97.5 Å². The molecule has 0 saturated heterocycles. The van der Waals surface area contributed by atoms with E-state index in [1.165, 1.54) is 11.3 Å². The highest BCUT2D eigenvalue weighted by molar-refractivity contribution is 7.09. The van der Waals surface area contributed by atoms with E-state index in [4.69, 9.17) is 15.6 Å². The van der Waals surface area contributed by atoms with Gasteiger partial charge in [0.2, 0.25) is 0 Å². The smallest absolute Gasteiger partial charge is 0.270 e. The summed E-state index contributed by atoms with van der Waals surface area (Å²) in [4.78, 5) is 15.8. The van der Waals surface area contributed by atoms with E-state index in [2.05, 4.69) is 10.3 Å². The van der Waals surface area contributed by atoms with Crippen LogP contribution < -0.4 is 11.1 Å². The molecule has 102 valence electrons. The minimum atomic E-state index is -0.194. The van der Waals surface area contributed by atoms with E-state index in [1.807, 2.05) is 6.92 Å². The monoisotopic (exact) mass is 273 g/mol. The predicted octanol–water partition coefficient (Wildman–Crippen LogP) is 0.292. The lowest BCUT2D eigenvalue weighted by Crippen LogP contribution is -2.25. The van der Waals surface area contributed by atoms with Crippen molar-refractivity contribution in [3.63, 3.8) is 0 Å². The summed E-state index contributed by atoms with van der Waals surface area (Å²) in [6.07, 6.45) is 0.704. The lowest BCUT2D eigenvalue weighted by molar-refractivity contribution is 0.0866. The van der Waals surface area contributed by atoms with Gasteiger partial charge in [-0.15, -0.1) is 11.3 Å². The molecule has 1 rings (SSSR count). The highest BCUT2D eigenvalue weighted by Crippen LogP contribution is 2.15. The Kier molecular flexibility index (Phi) is 6.81. The Hall–Kier alpha value is -1.02. The molecule has 0 spiro atoms. The Balaban J connectivity index is 2.23. The molecule has 0 fully saturated rings. The average molecular weight is 273 g/mol. The average Bonchev–Trinajstić information content (AvgIpc) is 2.83. The van der Waals surface area contributed by atoms with Crippen molar-refractivity contribution in [3.8, 4) is 0 Å². The molecule has 0 aliphatic carbocycles. The maximum atomic E-state index is 11.7. The molecular formula is C11H19N3O3S. The third-order valence-corrected chi connectivity index (χ3v) is 3.18. The Labute approximate surface area is 110 Å². The molecule has 0 aliphatic heterocycles. The molecule has 4 N–H and O–H groups in total. The van der Waals surface area contributed by atoms with E-state index in [0.29, 0.717) is 31.9 Å². The van der Waals surface area contributed by atoms with Gasteiger partial charge in [-0.1, -0.05) is 0 Å². The molecule has 6 nitrogen and oxygen atoms in total. The fourth-order valence-electron chi connectivity index (χ4n) is 1.23. The van der Waals surface area contributed by atoms with Crippen molar-refractivity contribution in [2.24, 2.45) is 5.73 Å². The normalized spacial score (nSPS) is 12.4. The Bertz CT molecular complexity index is 368. The van der Waals surface area contributed by atoms with Crippen molar-refractivity contribution in [1.82, 2.24) is 10.3 Å². The molecule has 7 heteroatoms. The number of hydrogen-bond donors (Lipinski definition) is 3. The molecule has 1 heterocycles. The van der Waals surface area contributed by atoms with E-state index in [9.17, 15) is 4.79 Å². The van der Waals surface area contributed by atoms with Crippen LogP contribution >= 0.6 is 11.3 Å². The van der Waals surface area contributed by atoms with Crippen LogP contribution in [-0.4, -0.2) is 42.4 Å². The van der Waals surface area contributed by atoms with Crippen molar-refractivity contribution in [1.29, 1.82) is 0 Å². The maximum Gasteiger partial charge on any atom is 0.270 e. The number of aliphatic hydroxyl groups excluding tert-OH is 1. The fraction of sp³-hybridized carbons (Fsp3) is 0.636. The second-order valence-corrected chi connectivity index (χ2v) is 4.69. The Morgan fingerprint density at radius 1 is 1.67 bits per heavy atom. The van der Waals surface area contributed by atoms with Crippen molar-refractivity contribution >= 4 is 17.2 Å². The first-order valence-electron chi connectivity index (χ1n) is 5.83. The first-order chi connectivity index (χ1) is 8.65. The highest BCUT2D eigenvalue weighted by atomic mass is 32.1. The molecular weight excluding hydrogens is 254 g/mol. The van der Waals surface area contributed by atoms with Crippen molar-refractivity contribution < 1.29 is 14.6 Å². The van der Waals surface area contributed by atoms with Gasteiger partial charge in [0.1, 0.15) is 10.7 Å². The van der Waals surface area contributed by atoms with Crippen LogP contribution in [0, 0.1) is 0 Å². The second-order valence-electron chi connectivity index (χ2n) is 3.81. The number of carbonyl (C=O) groups excluding carboxylic acids is 1. The zero-order chi connectivity index (χ0) is 13.4. The van der Waals surface area contributed by atoms with Gasteiger partial charge in [0.25, 0.3) is 5.91 Å². The minimum Gasteiger partial charge on any atom is -0.394 e. The van der Waals surface area contributed by atoms with Gasteiger partial charge in [0.05, 0.1) is 19.3 Å². The van der Waals surface area contributed by atoms with Crippen LogP contribution in [0.3, 0.4) is 0 Å². The summed E-state index contributed by atoms with van der Waals surface area (Å²) in [5.74, 6) is -0.194. The zero-order valence-corrected chi connectivity index (χ0v) is 11.2. The van der Waals surface area contributed by atoms with Crippen LogP contribution in [0.25, 0.3) is 0 Å². The lowest BCUT2D eigenvalue weighted by atomic mass is 10.3. The third kappa shape index (κ3) is 5.09. The van der Waals surface area contributed by atoms with Gasteiger partial charge in [-0.2, -0.15) is 0 Å². The van der Waals surface area contributed by atoms with Gasteiger partial charge in [-0.05, 0) is 13.3 Å². The molecule has 1 aromatic heterocycles. The number of nitrogens with two attached hydrogens (primary N) is 1. The van der Waals surface area contributed by atoms with Crippen molar-refractivity contribution in [2.75, 3.05) is 26.4 Å². The van der Waals surface area contributed by atoms with Crippen LogP contribution in [-0.2, 0) is 4.74 Å². The summed E-state index contributed by atoms with van der Waals surface area (Å²) < 4.78 is 5.07. The molecule has 0 saturated carbocycles. The van der Waals surface area contributed by atoms with Crippen LogP contribution in [0.1, 0.15) is 34.9 Å². The Morgan fingerprint density at radius 3 is 3.06 bits per heavy atom. The number of nitrogens with zero attached hydrogens (tertiary/aromatic N) is 1. The van der Waals surface area contributed by atoms with E-state index in [0.717, 1.165) is 5.01 Å². The van der Waals surface area contributed by atoms with Crippen LogP contribution in [0.5, 0.6) is 0 Å². The van der Waals surface area contributed by atoms with Crippen LogP contribution in [0.4, 0.5) is 0 Å². The van der Waals surface area contributed by atoms with Gasteiger partial charge in [0.15, 0.2) is 0 Å². The first kappa shape index (κ1) is 15.0. The molecule has 18 heavy (non-hydrogen) atoms. The van der Waals surface area contributed by atoms with Gasteiger partial charge in [-0.3, -0.25) is 4.79 Å². The minimum absolute atomic E-state index is 0.0191. The van der Waals surface area contributed by atoms with Gasteiger partial charge in [-0.25, -0.2) is 4.98 Å². The summed E-state index contributed by atoms with van der Waals surface area (Å²) in [7, 11) is 0. The molecule has 0 aromatic carbocycles. The number of carbonyl (C=O) groups is 1. The Morgan fingerprint density at radius 2 is 2.44 bits per heavy atom. The third-order valence-electron chi connectivity index (χ3n) is 2.13. The van der Waals surface area contributed by atoms with E-state index < -0.39 is 0 Å². The number of rotatable bonds is 8. The van der Waals surface area contributed by atoms with Crippen molar-refractivity contribution in [3.05, 3.63) is 16.1 Å². The number of hydrogen-bond acceptors (Lipinski definition) is 6. The maximum absolute atomic E-state index is 11.7. The fourth-order valence-corrected chi connectivity index (χ4v) is 1.99. The molecule has 0 bridgehead atoms. The van der Waals surface area contributed by atoms with Crippen LogP contribution in [0.2, 0.25) is 0 Å². The zero-order valence-electron chi connectivity index (χ0n) is 10.4. The highest BCUT2D eigenvalue weighted by Gasteiger charge is 2.11. The largest absolute Gasteiger partial charge is 0.394 e. The molecule has 1 amide bonds. The summed E-state index contributed by atoms with van der Waals surface area (Å²) >= 11 is 1.39. The number of aliphatic hydroxyl groups is 1. The molecule has 1 atom stereocenters. The van der Waals surface area contributed by atoms with Gasteiger partial charge >= 0.3 is 0 Å². The lowest BCUT2D eigenvalue weighted by Gasteiger charge is -2.04. The van der Waals surface area contributed by atoms with Gasteiger partial charge in [0, 0.05) is 18.5 Å². The SMILES string of the molecule is CC(N)c1nc(C(=O)NCCCOCCO)cs1. The van der Waals surface area contributed by atoms with E-state index in [-0.39, 0.29) is 18.6 Å². The number of nitrogens with one attached hydrogen (secondary N) is 1. The van der Waals surface area contributed by atoms with Crippen LogP contribution in [0.15, 0.2) is 5.38 Å². The second kappa shape index (κ2) is 8.15. The molecule has 1 unspecified atom stereocenters. The summed E-state index contributed by atoms with van der Waals surface area (Å²) in [5.41, 5.74) is 6.08. The van der Waals surface area contributed by atoms with E-state index in [1.54, 1.807) is 5.38 Å². The standard InChI is InChI=1S/C11H19N3O3S/c1-8(12)11-14-9(7-18-11)10(16)13-3-2-5-17-6-4-15/h7-8,15H,2-6,12H2,1H3,(H,13,16). The quantitative estimate of drug-likeness (QED) is 0.592.